The number of phosphoric ester groups is 1. The summed E-state index contributed by atoms with van der Waals surface area (Å²) in [6, 6.07) is 0. The molecule has 9 nitrogen and oxygen atoms in total. The number of esters is 2. The highest BCUT2D eigenvalue weighted by molar-refractivity contribution is 7.47. The Hall–Kier alpha value is -1.25. The van der Waals surface area contributed by atoms with E-state index in [1.807, 2.05) is 0 Å². The van der Waals surface area contributed by atoms with Gasteiger partial charge in [-0.05, 0) is 32.1 Å². The summed E-state index contributed by atoms with van der Waals surface area (Å²) in [5.74, 6) is -0.832. The Labute approximate surface area is 307 Å². The third-order valence-electron chi connectivity index (χ3n) is 8.90. The molecule has 1 unspecified atom stereocenters. The first-order valence-corrected chi connectivity index (χ1v) is 22.2. The summed E-state index contributed by atoms with van der Waals surface area (Å²) in [5.41, 5.74) is 5.34. The molecule has 3 N–H and O–H groups in total. The molecule has 0 radical (unpaired) electrons. The van der Waals surface area contributed by atoms with E-state index in [0.29, 0.717) is 6.42 Å². The molecule has 0 aliphatic heterocycles. The molecule has 0 saturated heterocycles. The zero-order valence-corrected chi connectivity index (χ0v) is 33.3. The van der Waals surface area contributed by atoms with Gasteiger partial charge < -0.3 is 20.1 Å². The van der Waals surface area contributed by atoms with Crippen LogP contribution < -0.4 is 5.73 Å². The first-order chi connectivity index (χ1) is 24.3. The Kier molecular flexibility index (Phi) is 36.6. The minimum Gasteiger partial charge on any atom is -0.462 e. The second-order valence-electron chi connectivity index (χ2n) is 13.9. The van der Waals surface area contributed by atoms with Gasteiger partial charge in [0.05, 0.1) is 13.2 Å². The number of nitrogens with two attached hydrogens (primary N) is 1. The van der Waals surface area contributed by atoms with Gasteiger partial charge in [0.15, 0.2) is 6.10 Å². The average molecular weight is 732 g/mol. The number of carbonyl (C=O) groups excluding carboxylic acids is 2. The number of phosphoric acid groups is 1. The summed E-state index contributed by atoms with van der Waals surface area (Å²) in [4.78, 5) is 34.7. The fourth-order valence-electron chi connectivity index (χ4n) is 5.79. The van der Waals surface area contributed by atoms with E-state index in [-0.39, 0.29) is 38.6 Å². The smallest absolute Gasteiger partial charge is 0.462 e. The van der Waals surface area contributed by atoms with Crippen LogP contribution in [0.2, 0.25) is 0 Å². The largest absolute Gasteiger partial charge is 0.472 e. The predicted octanol–water partition coefficient (Wildman–Crippen LogP) is 11.4. The van der Waals surface area contributed by atoms with E-state index in [9.17, 15) is 19.0 Å². The van der Waals surface area contributed by atoms with Gasteiger partial charge in [0.2, 0.25) is 0 Å². The highest BCUT2D eigenvalue weighted by atomic mass is 31.2. The summed E-state index contributed by atoms with van der Waals surface area (Å²) >= 11 is 0. The third kappa shape index (κ3) is 36.5. The molecule has 0 amide bonds. The second kappa shape index (κ2) is 37.5. The van der Waals surface area contributed by atoms with Crippen molar-refractivity contribution in [3.63, 3.8) is 0 Å². The molecule has 0 rings (SSSR count). The highest BCUT2D eigenvalue weighted by Gasteiger charge is 2.26. The van der Waals surface area contributed by atoms with Crippen LogP contribution in [0.3, 0.4) is 0 Å². The van der Waals surface area contributed by atoms with Gasteiger partial charge in [-0.15, -0.1) is 0 Å². The van der Waals surface area contributed by atoms with Crippen LogP contribution in [0.1, 0.15) is 200 Å². The summed E-state index contributed by atoms with van der Waals surface area (Å²) < 4.78 is 32.7. The Morgan fingerprint density at radius 2 is 1.00 bits per heavy atom. The average Bonchev–Trinajstić information content (AvgIpc) is 3.10. The lowest BCUT2D eigenvalue weighted by atomic mass is 10.0. The van der Waals surface area contributed by atoms with Gasteiger partial charge in [-0.3, -0.25) is 18.6 Å². The van der Waals surface area contributed by atoms with E-state index in [2.05, 4.69) is 26.0 Å². The van der Waals surface area contributed by atoms with Gasteiger partial charge in [-0.1, -0.05) is 167 Å². The first kappa shape index (κ1) is 48.8. The number of rotatable bonds is 39. The van der Waals surface area contributed by atoms with Gasteiger partial charge in [-0.2, -0.15) is 0 Å². The van der Waals surface area contributed by atoms with Crippen LogP contribution in [0, 0.1) is 0 Å². The second-order valence-corrected chi connectivity index (χ2v) is 15.3. The molecule has 0 aliphatic carbocycles. The minimum absolute atomic E-state index is 0.0550. The van der Waals surface area contributed by atoms with Crippen LogP contribution in [-0.4, -0.2) is 49.3 Å². The minimum atomic E-state index is -4.37. The molecule has 0 spiro atoms. The molecule has 0 heterocycles. The Morgan fingerprint density at radius 1 is 0.580 bits per heavy atom. The first-order valence-electron chi connectivity index (χ1n) is 20.7. The molecule has 0 bridgehead atoms. The monoisotopic (exact) mass is 732 g/mol. The number of hydrogen-bond acceptors (Lipinski definition) is 8. The zero-order valence-electron chi connectivity index (χ0n) is 32.4. The number of ether oxygens (including phenoxy) is 2. The van der Waals surface area contributed by atoms with E-state index in [0.717, 1.165) is 57.8 Å². The van der Waals surface area contributed by atoms with Crippen LogP contribution in [0.15, 0.2) is 12.2 Å². The van der Waals surface area contributed by atoms with Gasteiger partial charge in [0.25, 0.3) is 0 Å². The zero-order chi connectivity index (χ0) is 36.8. The summed E-state index contributed by atoms with van der Waals surface area (Å²) in [6.07, 6.45) is 36.7. The molecule has 10 heteroatoms. The lowest BCUT2D eigenvalue weighted by Crippen LogP contribution is -2.29. The van der Waals surface area contributed by atoms with Crippen molar-refractivity contribution in [3.8, 4) is 0 Å². The van der Waals surface area contributed by atoms with Crippen LogP contribution >= 0.6 is 7.82 Å². The molecule has 0 fully saturated rings. The van der Waals surface area contributed by atoms with E-state index >= 15 is 0 Å². The maximum absolute atomic E-state index is 12.5. The van der Waals surface area contributed by atoms with Crippen molar-refractivity contribution in [2.75, 3.05) is 26.4 Å². The number of unbranched alkanes of at least 4 members (excludes halogenated alkanes) is 24. The molecular weight excluding hydrogens is 653 g/mol. The Morgan fingerprint density at radius 3 is 1.48 bits per heavy atom. The van der Waals surface area contributed by atoms with Gasteiger partial charge in [-0.25, -0.2) is 4.57 Å². The van der Waals surface area contributed by atoms with E-state index in [1.165, 1.54) is 109 Å². The SMILES string of the molecule is CCCC/C=C\CCCCCCCC(=O)OC[C@H](COP(=O)(O)OCCN)OC(=O)CCCCCCCCCCCCCCCCCCCC. The Bertz CT molecular complexity index is 840. The van der Waals surface area contributed by atoms with Crippen molar-refractivity contribution in [2.24, 2.45) is 5.73 Å². The van der Waals surface area contributed by atoms with Crippen molar-refractivity contribution in [3.05, 3.63) is 12.2 Å². The van der Waals surface area contributed by atoms with Crippen LogP contribution in [-0.2, 0) is 32.7 Å². The van der Waals surface area contributed by atoms with Crippen LogP contribution in [0.25, 0.3) is 0 Å². The lowest BCUT2D eigenvalue weighted by molar-refractivity contribution is -0.161. The number of allylic oxidation sites excluding steroid dienone is 2. The van der Waals surface area contributed by atoms with Crippen molar-refractivity contribution < 1.29 is 37.6 Å². The summed E-state index contributed by atoms with van der Waals surface area (Å²) in [5, 5.41) is 0. The summed E-state index contributed by atoms with van der Waals surface area (Å²) in [7, 11) is -4.37. The van der Waals surface area contributed by atoms with Crippen molar-refractivity contribution in [2.45, 2.75) is 206 Å². The fourth-order valence-corrected chi connectivity index (χ4v) is 6.56. The van der Waals surface area contributed by atoms with Gasteiger partial charge in [0, 0.05) is 19.4 Å². The van der Waals surface area contributed by atoms with E-state index in [1.54, 1.807) is 0 Å². The molecular formula is C40H78NO8P. The number of hydrogen-bond donors (Lipinski definition) is 2. The molecule has 2 atom stereocenters. The molecule has 0 aromatic rings. The maximum Gasteiger partial charge on any atom is 0.472 e. The molecule has 0 aromatic heterocycles. The molecule has 296 valence electrons. The maximum atomic E-state index is 12.5. The van der Waals surface area contributed by atoms with E-state index < -0.39 is 26.5 Å². The van der Waals surface area contributed by atoms with Crippen molar-refractivity contribution in [1.29, 1.82) is 0 Å². The molecule has 0 aromatic carbocycles. The summed E-state index contributed by atoms with van der Waals surface area (Å²) in [6.45, 7) is 3.70. The highest BCUT2D eigenvalue weighted by Crippen LogP contribution is 2.43. The van der Waals surface area contributed by atoms with Crippen molar-refractivity contribution in [1.82, 2.24) is 0 Å². The third-order valence-corrected chi connectivity index (χ3v) is 9.89. The molecule has 0 aliphatic rings. The Balaban J connectivity index is 4.12. The van der Waals surface area contributed by atoms with Gasteiger partial charge in [0.1, 0.15) is 6.61 Å². The van der Waals surface area contributed by atoms with Crippen LogP contribution in [0.4, 0.5) is 0 Å². The lowest BCUT2D eigenvalue weighted by Gasteiger charge is -2.19. The predicted molar refractivity (Wildman–Crippen MR) is 206 cm³/mol. The topological polar surface area (TPSA) is 134 Å². The normalized spacial score (nSPS) is 13.4. The fraction of sp³-hybridized carbons (Fsp3) is 0.900. The van der Waals surface area contributed by atoms with Crippen molar-refractivity contribution >= 4 is 19.8 Å². The van der Waals surface area contributed by atoms with Gasteiger partial charge >= 0.3 is 19.8 Å². The van der Waals surface area contributed by atoms with Crippen LogP contribution in [0.5, 0.6) is 0 Å². The quantitative estimate of drug-likeness (QED) is 0.0274. The number of carbonyl (C=O) groups is 2. The molecule has 0 saturated carbocycles. The molecule has 50 heavy (non-hydrogen) atoms. The van der Waals surface area contributed by atoms with E-state index in [4.69, 9.17) is 24.3 Å². The standard InChI is InChI=1S/C40H78NO8P/c1-3-5-7-9-11-13-15-16-17-18-19-20-21-23-25-27-29-31-33-40(43)49-38(37-48-50(44,45)47-35-34-41)36-46-39(42)32-30-28-26-24-22-14-12-10-8-6-4-2/h10,12,38H,3-9,11,13-37,41H2,1-2H3,(H,44,45)/b12-10-/t38-/m1/s1.